The number of pyridine rings is 1. The first-order valence-corrected chi connectivity index (χ1v) is 10.7. The van der Waals surface area contributed by atoms with E-state index in [2.05, 4.69) is 31.2 Å². The molecule has 0 fully saturated rings. The lowest BCUT2D eigenvalue weighted by Crippen LogP contribution is -2.33. The van der Waals surface area contributed by atoms with Gasteiger partial charge >= 0.3 is 12.1 Å². The first-order chi connectivity index (χ1) is 15.7. The van der Waals surface area contributed by atoms with Crippen LogP contribution in [0, 0.1) is 5.92 Å². The maximum Gasteiger partial charge on any atom is 0.398 e. The Balaban J connectivity index is 1.85. The molecule has 0 bridgehead atoms. The van der Waals surface area contributed by atoms with E-state index in [9.17, 15) is 18.0 Å². The van der Waals surface area contributed by atoms with Crippen molar-refractivity contribution in [3.63, 3.8) is 0 Å². The molecule has 1 unspecified atom stereocenters. The molecular formula is C25H27F3N2O3. The number of benzene rings is 1. The number of halogens is 3. The van der Waals surface area contributed by atoms with Crippen LogP contribution in [0.25, 0.3) is 22.2 Å². The van der Waals surface area contributed by atoms with E-state index in [4.69, 9.17) is 9.72 Å². The van der Waals surface area contributed by atoms with Gasteiger partial charge in [0, 0.05) is 41.5 Å². The zero-order chi connectivity index (χ0) is 24.2. The molecule has 1 atom stereocenters. The van der Waals surface area contributed by atoms with Gasteiger partial charge in [-0.25, -0.2) is 4.79 Å². The molecule has 5 nitrogen and oxygen atoms in total. The smallest absolute Gasteiger partial charge is 0.398 e. The van der Waals surface area contributed by atoms with Gasteiger partial charge in [-0.2, -0.15) is 13.2 Å². The lowest BCUT2D eigenvalue weighted by molar-refractivity contribution is -0.195. The predicted octanol–water partition coefficient (Wildman–Crippen LogP) is 5.65. The van der Waals surface area contributed by atoms with Gasteiger partial charge in [0.15, 0.2) is 0 Å². The number of ether oxygens (including phenoxy) is 2. The van der Waals surface area contributed by atoms with E-state index in [1.807, 2.05) is 29.8 Å². The van der Waals surface area contributed by atoms with Crippen molar-refractivity contribution in [2.24, 2.45) is 13.0 Å². The molecule has 0 spiro atoms. The van der Waals surface area contributed by atoms with Gasteiger partial charge in [-0.05, 0) is 43.2 Å². The zero-order valence-electron chi connectivity index (χ0n) is 18.9. The van der Waals surface area contributed by atoms with Crippen molar-refractivity contribution < 1.29 is 27.4 Å². The summed E-state index contributed by atoms with van der Waals surface area (Å²) in [6, 6.07) is 11.3. The summed E-state index contributed by atoms with van der Waals surface area (Å²) in [6.45, 7) is 5.81. The maximum atomic E-state index is 13.3. The zero-order valence-corrected chi connectivity index (χ0v) is 18.9. The fourth-order valence-electron chi connectivity index (χ4n) is 3.58. The molecule has 3 aromatic rings. The van der Waals surface area contributed by atoms with Crippen molar-refractivity contribution in [3.05, 3.63) is 60.4 Å². The largest absolute Gasteiger partial charge is 0.493 e. The van der Waals surface area contributed by atoms with Crippen LogP contribution < -0.4 is 4.74 Å². The third kappa shape index (κ3) is 5.56. The Morgan fingerprint density at radius 2 is 1.91 bits per heavy atom. The third-order valence-corrected chi connectivity index (χ3v) is 5.53. The number of fused-ring (bicyclic) bond motifs is 1. The van der Waals surface area contributed by atoms with Gasteiger partial charge in [-0.1, -0.05) is 20.4 Å². The summed E-state index contributed by atoms with van der Waals surface area (Å²) in [5, 5.41) is 0.939. The minimum atomic E-state index is -4.57. The summed E-state index contributed by atoms with van der Waals surface area (Å²) in [7, 11) is 1.90. The van der Waals surface area contributed by atoms with E-state index >= 15 is 0 Å². The molecular weight excluding hydrogens is 433 g/mol. The Morgan fingerprint density at radius 1 is 1.15 bits per heavy atom. The molecule has 1 aromatic carbocycles. The normalized spacial score (nSPS) is 12.5. The predicted molar refractivity (Wildman–Crippen MR) is 121 cm³/mol. The fraction of sp³-hybridized carbons (Fsp3) is 0.360. The summed E-state index contributed by atoms with van der Waals surface area (Å²) in [4.78, 5) is 15.9. The summed E-state index contributed by atoms with van der Waals surface area (Å²) >= 11 is 0. The van der Waals surface area contributed by atoms with E-state index in [1.54, 1.807) is 12.1 Å². The minimum absolute atomic E-state index is 0.301. The lowest BCUT2D eigenvalue weighted by Gasteiger charge is -2.20. The molecule has 0 saturated carbocycles. The standard InChI is InChI=1S/C25H27F3N2O3/c1-5-18-9-11-20(21(6-2)29-18)23-12-16-8-10-19(13-22(16)30(23)4)32-14-17(25(26,27)28)15-33-24(31)7-3/h7-13,17H,3,5-6,14-15H2,1-2,4H3. The molecule has 176 valence electrons. The number of alkyl halides is 3. The summed E-state index contributed by atoms with van der Waals surface area (Å²) in [6.07, 6.45) is -2.11. The number of nitrogens with zero attached hydrogens (tertiary/aromatic N) is 2. The Bertz CT molecular complexity index is 1150. The highest BCUT2D eigenvalue weighted by Crippen LogP contribution is 2.32. The van der Waals surface area contributed by atoms with Gasteiger partial charge in [0.25, 0.3) is 0 Å². The quantitative estimate of drug-likeness (QED) is 0.306. The highest BCUT2D eigenvalue weighted by Gasteiger charge is 2.41. The second-order valence-electron chi connectivity index (χ2n) is 7.70. The molecule has 0 saturated heterocycles. The Kier molecular flexibility index (Phi) is 7.46. The average Bonchev–Trinajstić information content (AvgIpc) is 3.13. The van der Waals surface area contributed by atoms with Crippen molar-refractivity contribution in [2.45, 2.75) is 32.9 Å². The van der Waals surface area contributed by atoms with Gasteiger partial charge in [-0.15, -0.1) is 0 Å². The van der Waals surface area contributed by atoms with E-state index in [-0.39, 0.29) is 0 Å². The molecule has 0 aliphatic heterocycles. The monoisotopic (exact) mass is 460 g/mol. The number of aromatic nitrogens is 2. The van der Waals surface area contributed by atoms with Crippen LogP contribution in [-0.2, 0) is 29.4 Å². The Labute approximate surface area is 190 Å². The van der Waals surface area contributed by atoms with Gasteiger partial charge in [0.1, 0.15) is 24.9 Å². The van der Waals surface area contributed by atoms with E-state index in [0.717, 1.165) is 52.5 Å². The summed E-state index contributed by atoms with van der Waals surface area (Å²) in [5.41, 5.74) is 4.85. The lowest BCUT2D eigenvalue weighted by atomic mass is 10.1. The first kappa shape index (κ1) is 24.4. The van der Waals surface area contributed by atoms with Crippen LogP contribution in [0.4, 0.5) is 13.2 Å². The molecule has 33 heavy (non-hydrogen) atoms. The molecule has 0 aliphatic carbocycles. The highest BCUT2D eigenvalue weighted by molar-refractivity contribution is 5.88. The number of carbonyl (C=O) groups excluding carboxylic acids is 1. The molecule has 0 N–H and O–H groups in total. The Morgan fingerprint density at radius 3 is 2.55 bits per heavy atom. The Hall–Kier alpha value is -3.29. The topological polar surface area (TPSA) is 53.4 Å². The van der Waals surface area contributed by atoms with Gasteiger partial charge < -0.3 is 14.0 Å². The second kappa shape index (κ2) is 10.1. The third-order valence-electron chi connectivity index (χ3n) is 5.53. The number of hydrogen-bond acceptors (Lipinski definition) is 4. The van der Waals surface area contributed by atoms with E-state index < -0.39 is 31.3 Å². The average molecular weight is 460 g/mol. The van der Waals surface area contributed by atoms with Crippen LogP contribution in [0.5, 0.6) is 5.75 Å². The van der Waals surface area contributed by atoms with Gasteiger partial charge in [-0.3, -0.25) is 4.98 Å². The van der Waals surface area contributed by atoms with Crippen LogP contribution in [0.3, 0.4) is 0 Å². The van der Waals surface area contributed by atoms with E-state index in [0.29, 0.717) is 5.75 Å². The van der Waals surface area contributed by atoms with Crippen molar-refractivity contribution in [2.75, 3.05) is 13.2 Å². The van der Waals surface area contributed by atoms with Crippen molar-refractivity contribution in [3.8, 4) is 17.0 Å². The number of carbonyl (C=O) groups is 1. The number of rotatable bonds is 9. The molecule has 0 radical (unpaired) electrons. The number of esters is 1. The van der Waals surface area contributed by atoms with Gasteiger partial charge in [0.05, 0.1) is 11.2 Å². The maximum absolute atomic E-state index is 13.3. The van der Waals surface area contributed by atoms with Gasteiger partial charge in [0.2, 0.25) is 0 Å². The minimum Gasteiger partial charge on any atom is -0.493 e. The van der Waals surface area contributed by atoms with Crippen LogP contribution in [0.15, 0.2) is 49.1 Å². The van der Waals surface area contributed by atoms with E-state index in [1.165, 1.54) is 0 Å². The fourth-order valence-corrected chi connectivity index (χ4v) is 3.58. The first-order valence-electron chi connectivity index (χ1n) is 10.7. The van der Waals surface area contributed by atoms with Crippen molar-refractivity contribution >= 4 is 16.9 Å². The number of aryl methyl sites for hydroxylation is 3. The van der Waals surface area contributed by atoms with Crippen LogP contribution in [-0.4, -0.2) is 34.9 Å². The molecule has 2 aromatic heterocycles. The second-order valence-corrected chi connectivity index (χ2v) is 7.70. The van der Waals surface area contributed by atoms with Crippen LogP contribution in [0.1, 0.15) is 25.2 Å². The summed E-state index contributed by atoms with van der Waals surface area (Å²) < 4.78 is 51.9. The number of hydrogen-bond donors (Lipinski definition) is 0. The van der Waals surface area contributed by atoms with Crippen molar-refractivity contribution in [1.82, 2.24) is 9.55 Å². The molecule has 0 aliphatic rings. The molecule has 2 heterocycles. The molecule has 0 amide bonds. The molecule has 3 rings (SSSR count). The summed E-state index contributed by atoms with van der Waals surface area (Å²) in [5.74, 6) is -2.55. The molecule has 8 heteroatoms. The van der Waals surface area contributed by atoms with Crippen molar-refractivity contribution in [1.29, 1.82) is 0 Å². The van der Waals surface area contributed by atoms with Crippen LogP contribution >= 0.6 is 0 Å². The SMILES string of the molecule is C=CC(=O)OCC(COc1ccc2cc(-c3ccc(CC)nc3CC)n(C)c2c1)C(F)(F)F. The van der Waals surface area contributed by atoms with Crippen LogP contribution in [0.2, 0.25) is 0 Å². The highest BCUT2D eigenvalue weighted by atomic mass is 19.4.